The average Bonchev–Trinajstić information content (AvgIpc) is 3.29. The summed E-state index contributed by atoms with van der Waals surface area (Å²) in [5.74, 6) is 0.964. The van der Waals surface area contributed by atoms with Gasteiger partial charge in [-0.15, -0.1) is 11.3 Å². The lowest BCUT2D eigenvalue weighted by molar-refractivity contribution is 0.357. The van der Waals surface area contributed by atoms with E-state index in [1.165, 1.54) is 5.56 Å². The number of rotatable bonds is 2. The molecule has 0 fully saturated rings. The van der Waals surface area contributed by atoms with Crippen molar-refractivity contribution in [3.05, 3.63) is 69.8 Å². The van der Waals surface area contributed by atoms with Crippen LogP contribution in [-0.2, 0) is 6.42 Å². The van der Waals surface area contributed by atoms with Crippen LogP contribution in [0, 0.1) is 0 Å². The van der Waals surface area contributed by atoms with Crippen molar-refractivity contribution in [1.82, 2.24) is 9.97 Å². The largest absolute Gasteiger partial charge is 0.493 e. The Kier molecular flexibility index (Phi) is 3.21. The number of para-hydroxylation sites is 1. The van der Waals surface area contributed by atoms with E-state index in [2.05, 4.69) is 11.1 Å². The normalized spacial score (nSPS) is 13.0. The van der Waals surface area contributed by atoms with Gasteiger partial charge in [0.15, 0.2) is 0 Å². The fraction of sp³-hybridized carbons (Fsp3) is 0.100. The Morgan fingerprint density at radius 2 is 2.04 bits per heavy atom. The number of hydrogen-bond donors (Lipinski definition) is 1. The quantitative estimate of drug-likeness (QED) is 0.590. The molecule has 4 aromatic rings. The molecule has 1 N–H and O–H groups in total. The summed E-state index contributed by atoms with van der Waals surface area (Å²) in [6.07, 6.45) is 0.936. The van der Waals surface area contributed by atoms with E-state index < -0.39 is 0 Å². The molecule has 1 aliphatic rings. The Morgan fingerprint density at radius 3 is 3.00 bits per heavy atom. The third kappa shape index (κ3) is 2.44. The molecule has 0 radical (unpaired) electrons. The monoisotopic (exact) mass is 346 g/mol. The number of nitrogens with zero attached hydrogens (tertiary/aromatic N) is 1. The molecular weight excluding hydrogens is 332 g/mol. The van der Waals surface area contributed by atoms with Crippen molar-refractivity contribution in [2.24, 2.45) is 0 Å². The van der Waals surface area contributed by atoms with Gasteiger partial charge in [0.25, 0.3) is 5.56 Å². The zero-order chi connectivity index (χ0) is 16.8. The van der Waals surface area contributed by atoms with Crippen molar-refractivity contribution in [1.29, 1.82) is 0 Å². The summed E-state index contributed by atoms with van der Waals surface area (Å²) in [6.45, 7) is 0.744. The summed E-state index contributed by atoms with van der Waals surface area (Å²) in [5, 5.41) is 3.86. The van der Waals surface area contributed by atoms with E-state index in [1.54, 1.807) is 11.3 Å². The third-order valence-corrected chi connectivity index (χ3v) is 5.36. The maximum Gasteiger partial charge on any atom is 0.257 e. The maximum absolute atomic E-state index is 12.4. The van der Waals surface area contributed by atoms with Gasteiger partial charge in [0, 0.05) is 22.9 Å². The Morgan fingerprint density at radius 1 is 1.12 bits per heavy atom. The van der Waals surface area contributed by atoms with Gasteiger partial charge in [-0.2, -0.15) is 0 Å². The van der Waals surface area contributed by atoms with Crippen LogP contribution in [0.2, 0.25) is 0 Å². The molecule has 0 amide bonds. The van der Waals surface area contributed by atoms with Crippen molar-refractivity contribution in [2.45, 2.75) is 6.42 Å². The number of pyridine rings is 1. The van der Waals surface area contributed by atoms with Gasteiger partial charge in [-0.3, -0.25) is 4.79 Å². The number of hydrogen-bond acceptors (Lipinski definition) is 4. The van der Waals surface area contributed by atoms with Crippen LogP contribution in [0.15, 0.2) is 58.7 Å². The molecule has 0 saturated carbocycles. The highest BCUT2D eigenvalue weighted by molar-refractivity contribution is 7.13. The van der Waals surface area contributed by atoms with E-state index in [1.807, 2.05) is 47.8 Å². The molecule has 3 heterocycles. The first kappa shape index (κ1) is 14.4. The van der Waals surface area contributed by atoms with E-state index >= 15 is 0 Å². The van der Waals surface area contributed by atoms with Crippen molar-refractivity contribution in [3.8, 4) is 27.6 Å². The smallest absolute Gasteiger partial charge is 0.257 e. The summed E-state index contributed by atoms with van der Waals surface area (Å²) in [6, 6.07) is 15.8. The number of fused-ring (bicyclic) bond motifs is 2. The van der Waals surface area contributed by atoms with Crippen LogP contribution >= 0.6 is 11.3 Å². The minimum absolute atomic E-state index is 0.113. The predicted molar refractivity (Wildman–Crippen MR) is 100 cm³/mol. The minimum Gasteiger partial charge on any atom is -0.493 e. The second kappa shape index (κ2) is 5.57. The Hall–Kier alpha value is -2.92. The molecule has 122 valence electrons. The Balaban J connectivity index is 1.59. The van der Waals surface area contributed by atoms with E-state index in [4.69, 9.17) is 9.72 Å². The fourth-order valence-electron chi connectivity index (χ4n) is 3.19. The number of aromatic amines is 1. The summed E-state index contributed by atoms with van der Waals surface area (Å²) >= 11 is 1.55. The van der Waals surface area contributed by atoms with E-state index in [-0.39, 0.29) is 5.56 Å². The number of ether oxygens (including phenoxy) is 1. The first-order valence-electron chi connectivity index (χ1n) is 8.12. The zero-order valence-corrected chi connectivity index (χ0v) is 14.1. The Bertz CT molecular complexity index is 1160. The van der Waals surface area contributed by atoms with Gasteiger partial charge < -0.3 is 9.72 Å². The summed E-state index contributed by atoms with van der Waals surface area (Å²) in [4.78, 5) is 20.1. The summed E-state index contributed by atoms with van der Waals surface area (Å²) in [7, 11) is 0. The van der Waals surface area contributed by atoms with E-state index in [0.717, 1.165) is 40.3 Å². The molecule has 0 spiro atoms. The molecule has 5 rings (SSSR count). The fourth-order valence-corrected chi connectivity index (χ4v) is 4.00. The Labute approximate surface area is 147 Å². The van der Waals surface area contributed by atoms with Crippen LogP contribution in [-0.4, -0.2) is 16.6 Å². The van der Waals surface area contributed by atoms with Crippen molar-refractivity contribution in [2.75, 3.05) is 6.61 Å². The number of H-pyrrole nitrogens is 1. The number of aromatic nitrogens is 2. The molecule has 2 aromatic heterocycles. The molecule has 5 heteroatoms. The molecule has 25 heavy (non-hydrogen) atoms. The highest BCUT2D eigenvalue weighted by atomic mass is 32.1. The first-order chi connectivity index (χ1) is 12.3. The van der Waals surface area contributed by atoms with Gasteiger partial charge in [0.1, 0.15) is 10.8 Å². The maximum atomic E-state index is 12.4. The van der Waals surface area contributed by atoms with Crippen LogP contribution in [0.25, 0.3) is 32.7 Å². The predicted octanol–water partition coefficient (Wildman–Crippen LogP) is 4.25. The van der Waals surface area contributed by atoms with Gasteiger partial charge in [-0.25, -0.2) is 4.98 Å². The zero-order valence-electron chi connectivity index (χ0n) is 13.3. The molecule has 1 aliphatic heterocycles. The molecule has 0 atom stereocenters. The molecule has 4 nitrogen and oxygen atoms in total. The van der Waals surface area contributed by atoms with Crippen LogP contribution in [0.3, 0.4) is 0 Å². The van der Waals surface area contributed by atoms with Crippen molar-refractivity contribution < 1.29 is 4.74 Å². The summed E-state index contributed by atoms with van der Waals surface area (Å²) in [5.41, 5.74) is 4.33. The van der Waals surface area contributed by atoms with Gasteiger partial charge >= 0.3 is 0 Å². The van der Waals surface area contributed by atoms with Crippen LogP contribution < -0.4 is 10.3 Å². The number of nitrogens with one attached hydrogen (secondary N) is 1. The topological polar surface area (TPSA) is 55.0 Å². The SMILES string of the molecule is O=c1[nH]c2ccccc2cc1-c1csc(-c2ccc3c(c2)CCO3)n1. The van der Waals surface area contributed by atoms with E-state index in [0.29, 0.717) is 11.3 Å². The lowest BCUT2D eigenvalue weighted by atomic mass is 10.1. The van der Waals surface area contributed by atoms with Crippen molar-refractivity contribution >= 4 is 22.2 Å². The molecular formula is C20H14N2O2S. The van der Waals surface area contributed by atoms with E-state index in [9.17, 15) is 4.79 Å². The average molecular weight is 346 g/mol. The highest BCUT2D eigenvalue weighted by Gasteiger charge is 2.15. The van der Waals surface area contributed by atoms with Crippen LogP contribution in [0.4, 0.5) is 0 Å². The highest BCUT2D eigenvalue weighted by Crippen LogP contribution is 2.33. The molecule has 0 saturated heterocycles. The third-order valence-electron chi connectivity index (χ3n) is 4.47. The van der Waals surface area contributed by atoms with Gasteiger partial charge in [0.05, 0.1) is 17.9 Å². The summed E-state index contributed by atoms with van der Waals surface area (Å²) < 4.78 is 5.56. The van der Waals surface area contributed by atoms with Gasteiger partial charge in [0.2, 0.25) is 0 Å². The number of benzene rings is 2. The second-order valence-electron chi connectivity index (χ2n) is 6.06. The van der Waals surface area contributed by atoms with Gasteiger partial charge in [-0.05, 0) is 41.3 Å². The second-order valence-corrected chi connectivity index (χ2v) is 6.92. The molecule has 0 bridgehead atoms. The standard InChI is InChI=1S/C20H14N2O2S/c23-19-15(10-12-3-1-2-4-16(12)21-19)17-11-25-20(22-17)14-5-6-18-13(9-14)7-8-24-18/h1-6,9-11H,7-8H2,(H,21,23). The molecule has 2 aromatic carbocycles. The minimum atomic E-state index is -0.113. The molecule has 0 unspecified atom stereocenters. The lowest BCUT2D eigenvalue weighted by Gasteiger charge is -2.02. The lowest BCUT2D eigenvalue weighted by Crippen LogP contribution is -2.08. The van der Waals surface area contributed by atoms with Crippen LogP contribution in [0.1, 0.15) is 5.56 Å². The first-order valence-corrected chi connectivity index (χ1v) is 9.00. The van der Waals surface area contributed by atoms with Crippen molar-refractivity contribution in [3.63, 3.8) is 0 Å². The van der Waals surface area contributed by atoms with Gasteiger partial charge in [-0.1, -0.05) is 18.2 Å². The molecule has 0 aliphatic carbocycles. The number of thiazole rings is 1. The van der Waals surface area contributed by atoms with Crippen LogP contribution in [0.5, 0.6) is 5.75 Å².